The van der Waals surface area contributed by atoms with Crippen molar-refractivity contribution in [2.24, 2.45) is 11.3 Å². The van der Waals surface area contributed by atoms with Crippen LogP contribution in [0.1, 0.15) is 25.7 Å². The summed E-state index contributed by atoms with van der Waals surface area (Å²) in [5.41, 5.74) is 0.722. The molecule has 3 heteroatoms. The summed E-state index contributed by atoms with van der Waals surface area (Å²) in [6, 6.07) is 1.87. The van der Waals surface area contributed by atoms with Crippen molar-refractivity contribution in [3.63, 3.8) is 0 Å². The average molecular weight is 178 g/mol. The molecule has 3 rings (SSSR count). The Labute approximate surface area is 77.5 Å². The molecule has 1 heterocycles. The van der Waals surface area contributed by atoms with Crippen molar-refractivity contribution < 1.29 is 4.74 Å². The predicted octanol–water partition coefficient (Wildman–Crippen LogP) is 1.98. The van der Waals surface area contributed by atoms with Crippen molar-refractivity contribution in [1.29, 1.82) is 0 Å². The summed E-state index contributed by atoms with van der Waals surface area (Å²) in [5, 5.41) is 6.65. The lowest BCUT2D eigenvalue weighted by molar-refractivity contribution is 0.204. The number of hydrogen-bond donors (Lipinski definition) is 1. The first kappa shape index (κ1) is 7.42. The van der Waals surface area contributed by atoms with E-state index in [9.17, 15) is 0 Å². The van der Waals surface area contributed by atoms with Crippen LogP contribution in [0.3, 0.4) is 0 Å². The normalized spacial score (nSPS) is 28.5. The topological polar surface area (TPSA) is 37.9 Å². The second kappa shape index (κ2) is 2.50. The van der Waals surface area contributed by atoms with Gasteiger partial charge in [-0.25, -0.2) is 5.10 Å². The zero-order chi connectivity index (χ0) is 8.73. The van der Waals surface area contributed by atoms with Crippen LogP contribution in [0.2, 0.25) is 0 Å². The van der Waals surface area contributed by atoms with Gasteiger partial charge >= 0.3 is 0 Å². The average Bonchev–Trinajstić information content (AvgIpc) is 2.61. The first-order valence-electron chi connectivity index (χ1n) is 5.01. The van der Waals surface area contributed by atoms with Crippen LogP contribution >= 0.6 is 0 Å². The Kier molecular flexibility index (Phi) is 1.43. The zero-order valence-corrected chi connectivity index (χ0v) is 7.62. The molecule has 0 aliphatic heterocycles. The van der Waals surface area contributed by atoms with E-state index >= 15 is 0 Å². The zero-order valence-electron chi connectivity index (χ0n) is 7.62. The molecule has 2 aliphatic carbocycles. The minimum Gasteiger partial charge on any atom is -0.478 e. The summed E-state index contributed by atoms with van der Waals surface area (Å²) < 4.78 is 5.58. The van der Waals surface area contributed by atoms with Crippen LogP contribution in [0, 0.1) is 11.3 Å². The molecule has 1 aromatic rings. The summed E-state index contributed by atoms with van der Waals surface area (Å²) in [6.07, 6.45) is 7.41. The van der Waals surface area contributed by atoms with E-state index in [0.29, 0.717) is 0 Å². The minimum absolute atomic E-state index is 0.722. The summed E-state index contributed by atoms with van der Waals surface area (Å²) in [7, 11) is 0. The largest absolute Gasteiger partial charge is 0.478 e. The van der Waals surface area contributed by atoms with E-state index in [1.807, 2.05) is 6.07 Å². The highest BCUT2D eigenvalue weighted by molar-refractivity contribution is 5.09. The number of aromatic nitrogens is 2. The molecule has 3 nitrogen and oxygen atoms in total. The van der Waals surface area contributed by atoms with E-state index < -0.39 is 0 Å². The van der Waals surface area contributed by atoms with E-state index in [2.05, 4.69) is 10.2 Å². The number of rotatable bonds is 3. The maximum Gasteiger partial charge on any atom is 0.209 e. The SMILES string of the molecule is c1cc(OCC2CC23CCC3)[nH]n1. The van der Waals surface area contributed by atoms with Gasteiger partial charge in [-0.3, -0.25) is 0 Å². The molecule has 0 radical (unpaired) electrons. The third-order valence-corrected chi connectivity index (χ3v) is 3.62. The maximum atomic E-state index is 5.58. The van der Waals surface area contributed by atoms with Gasteiger partial charge in [-0.05, 0) is 30.6 Å². The number of ether oxygens (including phenoxy) is 1. The summed E-state index contributed by atoms with van der Waals surface area (Å²) in [5.74, 6) is 1.63. The van der Waals surface area contributed by atoms with E-state index in [1.54, 1.807) is 6.20 Å². The molecule has 1 atom stereocenters. The van der Waals surface area contributed by atoms with Gasteiger partial charge in [0.05, 0.1) is 12.8 Å². The third kappa shape index (κ3) is 1.14. The van der Waals surface area contributed by atoms with Crippen molar-refractivity contribution in [2.75, 3.05) is 6.61 Å². The monoisotopic (exact) mass is 178 g/mol. The Hall–Kier alpha value is -0.990. The quantitative estimate of drug-likeness (QED) is 0.768. The molecule has 70 valence electrons. The number of H-pyrrole nitrogens is 1. The number of hydrogen-bond acceptors (Lipinski definition) is 2. The predicted molar refractivity (Wildman–Crippen MR) is 48.5 cm³/mol. The maximum absolute atomic E-state index is 5.58. The second-order valence-corrected chi connectivity index (χ2v) is 4.35. The van der Waals surface area contributed by atoms with Gasteiger partial charge in [-0.1, -0.05) is 6.42 Å². The van der Waals surface area contributed by atoms with Gasteiger partial charge in [0.2, 0.25) is 5.88 Å². The van der Waals surface area contributed by atoms with Gasteiger partial charge in [0.15, 0.2) is 0 Å². The molecule has 0 amide bonds. The van der Waals surface area contributed by atoms with E-state index in [1.165, 1.54) is 25.7 Å². The fourth-order valence-electron chi connectivity index (χ4n) is 2.42. The van der Waals surface area contributed by atoms with Gasteiger partial charge in [0, 0.05) is 6.07 Å². The van der Waals surface area contributed by atoms with Crippen molar-refractivity contribution in [2.45, 2.75) is 25.7 Å². The smallest absolute Gasteiger partial charge is 0.209 e. The molecule has 1 aromatic heterocycles. The Balaban J connectivity index is 1.50. The Morgan fingerprint density at radius 3 is 3.08 bits per heavy atom. The fourth-order valence-corrected chi connectivity index (χ4v) is 2.42. The Morgan fingerprint density at radius 1 is 1.62 bits per heavy atom. The molecule has 1 spiro atoms. The number of nitrogens with zero attached hydrogens (tertiary/aromatic N) is 1. The van der Waals surface area contributed by atoms with Gasteiger partial charge in [-0.15, -0.1) is 0 Å². The van der Waals surface area contributed by atoms with Gasteiger partial charge in [0.1, 0.15) is 0 Å². The van der Waals surface area contributed by atoms with Crippen molar-refractivity contribution in [3.05, 3.63) is 12.3 Å². The van der Waals surface area contributed by atoms with Gasteiger partial charge in [-0.2, -0.15) is 5.10 Å². The van der Waals surface area contributed by atoms with Crippen LogP contribution in [-0.2, 0) is 0 Å². The van der Waals surface area contributed by atoms with Crippen LogP contribution in [0.5, 0.6) is 5.88 Å². The first-order chi connectivity index (χ1) is 6.39. The highest BCUT2D eigenvalue weighted by Crippen LogP contribution is 2.65. The molecule has 0 aromatic carbocycles. The van der Waals surface area contributed by atoms with E-state index in [-0.39, 0.29) is 0 Å². The van der Waals surface area contributed by atoms with Crippen molar-refractivity contribution in [3.8, 4) is 5.88 Å². The summed E-state index contributed by atoms with van der Waals surface area (Å²) in [6.45, 7) is 0.877. The molecular formula is C10H14N2O. The van der Waals surface area contributed by atoms with Crippen molar-refractivity contribution >= 4 is 0 Å². The van der Waals surface area contributed by atoms with Crippen LogP contribution in [-0.4, -0.2) is 16.8 Å². The second-order valence-electron chi connectivity index (χ2n) is 4.35. The molecule has 0 bridgehead atoms. The Bertz CT molecular complexity index is 290. The van der Waals surface area contributed by atoms with E-state index in [0.717, 1.165) is 23.8 Å². The molecule has 2 aliphatic rings. The summed E-state index contributed by atoms with van der Waals surface area (Å²) >= 11 is 0. The van der Waals surface area contributed by atoms with Crippen LogP contribution in [0.15, 0.2) is 12.3 Å². The molecule has 13 heavy (non-hydrogen) atoms. The molecule has 2 saturated carbocycles. The third-order valence-electron chi connectivity index (χ3n) is 3.62. The number of nitrogens with one attached hydrogen (secondary N) is 1. The Morgan fingerprint density at radius 2 is 2.54 bits per heavy atom. The molecule has 1 unspecified atom stereocenters. The lowest BCUT2D eigenvalue weighted by Gasteiger charge is -2.26. The van der Waals surface area contributed by atoms with E-state index in [4.69, 9.17) is 4.74 Å². The van der Waals surface area contributed by atoms with Gasteiger partial charge in [0.25, 0.3) is 0 Å². The van der Waals surface area contributed by atoms with Crippen LogP contribution in [0.4, 0.5) is 0 Å². The standard InChI is InChI=1S/C10H14N2O/c1-3-10(4-1)6-8(10)7-13-9-2-5-11-12-9/h2,5,8H,1,3-4,6-7H2,(H,11,12). The van der Waals surface area contributed by atoms with Crippen LogP contribution < -0.4 is 4.74 Å². The van der Waals surface area contributed by atoms with Crippen LogP contribution in [0.25, 0.3) is 0 Å². The highest BCUT2D eigenvalue weighted by Gasteiger charge is 2.57. The summed E-state index contributed by atoms with van der Waals surface area (Å²) in [4.78, 5) is 0. The molecule has 2 fully saturated rings. The van der Waals surface area contributed by atoms with Crippen molar-refractivity contribution in [1.82, 2.24) is 10.2 Å². The lowest BCUT2D eigenvalue weighted by Crippen LogP contribution is -2.17. The van der Waals surface area contributed by atoms with Gasteiger partial charge < -0.3 is 4.74 Å². The first-order valence-corrected chi connectivity index (χ1v) is 5.01. The highest BCUT2D eigenvalue weighted by atomic mass is 16.5. The lowest BCUT2D eigenvalue weighted by atomic mass is 9.80. The fraction of sp³-hybridized carbons (Fsp3) is 0.700. The molecular weight excluding hydrogens is 164 g/mol. The molecule has 1 N–H and O–H groups in total. The number of aromatic amines is 1. The molecule has 0 saturated heterocycles. The minimum atomic E-state index is 0.722.